The van der Waals surface area contributed by atoms with E-state index in [4.69, 9.17) is 10.5 Å². The van der Waals surface area contributed by atoms with Gasteiger partial charge in [-0.2, -0.15) is 0 Å². The molecule has 7 nitrogen and oxygen atoms in total. The number of nitrogens with two attached hydrogens (primary N) is 1. The van der Waals surface area contributed by atoms with Crippen molar-refractivity contribution in [2.24, 2.45) is 5.73 Å². The molecule has 0 radical (unpaired) electrons. The maximum atomic E-state index is 11.3. The Labute approximate surface area is 189 Å². The van der Waals surface area contributed by atoms with E-state index in [-0.39, 0.29) is 17.8 Å². The van der Waals surface area contributed by atoms with Crippen LogP contribution in [0.3, 0.4) is 0 Å². The predicted octanol–water partition coefficient (Wildman–Crippen LogP) is 3.84. The highest BCUT2D eigenvalue weighted by molar-refractivity contribution is 8.00. The Morgan fingerprint density at radius 3 is 2.48 bits per heavy atom. The molecule has 31 heavy (non-hydrogen) atoms. The molecule has 1 saturated heterocycles. The summed E-state index contributed by atoms with van der Waals surface area (Å²) in [5, 5.41) is 9.61. The number of thioether (sulfide) groups is 1. The lowest BCUT2D eigenvalue weighted by molar-refractivity contribution is -0.115. The van der Waals surface area contributed by atoms with Crippen molar-refractivity contribution in [2.75, 3.05) is 17.3 Å². The molecule has 0 bridgehead atoms. The summed E-state index contributed by atoms with van der Waals surface area (Å²) in [6.07, 6.45) is 2.22. The van der Waals surface area contributed by atoms with Crippen LogP contribution in [0, 0.1) is 0 Å². The van der Waals surface area contributed by atoms with Gasteiger partial charge in [0.1, 0.15) is 0 Å². The molecule has 2 aliphatic heterocycles. The van der Waals surface area contributed by atoms with Crippen molar-refractivity contribution in [3.05, 3.63) is 54.4 Å². The molecule has 0 spiro atoms. The molecule has 2 aromatic carbocycles. The highest BCUT2D eigenvalue weighted by Crippen LogP contribution is 2.48. The van der Waals surface area contributed by atoms with Gasteiger partial charge in [0.05, 0.1) is 36.3 Å². The third-order valence-electron chi connectivity index (χ3n) is 5.38. The number of anilines is 2. The Bertz CT molecular complexity index is 1050. The number of aromatic nitrogens is 3. The van der Waals surface area contributed by atoms with Crippen molar-refractivity contribution in [3.8, 4) is 0 Å². The van der Waals surface area contributed by atoms with Crippen molar-refractivity contribution in [2.45, 2.75) is 47.0 Å². The number of fused-ring (bicyclic) bond motifs is 2. The van der Waals surface area contributed by atoms with Gasteiger partial charge in [0, 0.05) is 16.4 Å². The Morgan fingerprint density at radius 2 is 1.84 bits per heavy atom. The lowest BCUT2D eigenvalue weighted by Crippen LogP contribution is -2.25. The van der Waals surface area contributed by atoms with Crippen molar-refractivity contribution in [1.29, 1.82) is 0 Å². The molecule has 0 aliphatic carbocycles. The van der Waals surface area contributed by atoms with Gasteiger partial charge in [0.15, 0.2) is 11.0 Å². The molecule has 1 fully saturated rings. The van der Waals surface area contributed by atoms with Crippen LogP contribution in [0.5, 0.6) is 0 Å². The lowest BCUT2D eigenvalue weighted by atomic mass is 10.2. The first-order chi connectivity index (χ1) is 15.2. The number of nitrogens with zero attached hydrogens (tertiary/aromatic N) is 4. The van der Waals surface area contributed by atoms with E-state index in [0.29, 0.717) is 18.2 Å². The first-order valence-electron chi connectivity index (χ1n) is 10.3. The number of rotatable bonds is 7. The maximum absolute atomic E-state index is 11.3. The molecule has 0 saturated carbocycles. The molecule has 1 amide bonds. The zero-order valence-electron chi connectivity index (χ0n) is 16.9. The molecular formula is C22H23N5O2S2. The number of ether oxygens (including phenoxy) is 1. The van der Waals surface area contributed by atoms with Crippen LogP contribution in [0.4, 0.5) is 11.4 Å². The van der Waals surface area contributed by atoms with Gasteiger partial charge in [0.25, 0.3) is 0 Å². The summed E-state index contributed by atoms with van der Waals surface area (Å²) in [5.74, 6) is 0.656. The number of benzene rings is 2. The van der Waals surface area contributed by atoms with Crippen molar-refractivity contribution >= 4 is 40.8 Å². The third-order valence-corrected chi connectivity index (χ3v) is 7.50. The molecule has 2 aliphatic rings. The molecular weight excluding hydrogens is 430 g/mol. The summed E-state index contributed by atoms with van der Waals surface area (Å²) in [5.41, 5.74) is 7.68. The quantitative estimate of drug-likeness (QED) is 0.544. The number of hydrogen-bond acceptors (Lipinski definition) is 7. The molecule has 5 rings (SSSR count). The van der Waals surface area contributed by atoms with E-state index in [1.807, 2.05) is 0 Å². The first-order valence-corrected chi connectivity index (χ1v) is 12.1. The fraction of sp³-hybridized carbons (Fsp3) is 0.318. The molecule has 3 aromatic rings. The van der Waals surface area contributed by atoms with E-state index in [0.717, 1.165) is 36.6 Å². The van der Waals surface area contributed by atoms with Gasteiger partial charge in [-0.25, -0.2) is 0 Å². The fourth-order valence-electron chi connectivity index (χ4n) is 3.95. The zero-order valence-corrected chi connectivity index (χ0v) is 18.6. The minimum Gasteiger partial charge on any atom is -0.376 e. The number of carbonyl (C=O) groups is 1. The largest absolute Gasteiger partial charge is 0.376 e. The van der Waals surface area contributed by atoms with Gasteiger partial charge in [-0.1, -0.05) is 47.8 Å². The summed E-state index contributed by atoms with van der Waals surface area (Å²) in [4.78, 5) is 16.1. The van der Waals surface area contributed by atoms with Crippen LogP contribution >= 0.6 is 23.5 Å². The summed E-state index contributed by atoms with van der Waals surface area (Å²) >= 11 is 3.11. The highest BCUT2D eigenvalue weighted by atomic mass is 32.2. The SMILES string of the molecule is NC(=O)CSc1nnc(CN2c3ccccc3Sc3ccccc32)n1C[C@@H]1CCCO1. The molecule has 9 heteroatoms. The maximum Gasteiger partial charge on any atom is 0.227 e. The summed E-state index contributed by atoms with van der Waals surface area (Å²) in [6.45, 7) is 2.04. The second kappa shape index (κ2) is 8.94. The molecule has 0 unspecified atom stereocenters. The molecule has 3 heterocycles. The lowest BCUT2D eigenvalue weighted by Gasteiger charge is -2.32. The minimum absolute atomic E-state index is 0.138. The number of primary amides is 1. The van der Waals surface area contributed by atoms with E-state index in [1.54, 1.807) is 11.8 Å². The summed E-state index contributed by atoms with van der Waals surface area (Å²) in [7, 11) is 0. The number of hydrogen-bond donors (Lipinski definition) is 1. The number of amides is 1. The topological polar surface area (TPSA) is 86.3 Å². The van der Waals surface area contributed by atoms with E-state index >= 15 is 0 Å². The second-order valence-electron chi connectivity index (χ2n) is 7.52. The normalized spacial score (nSPS) is 17.4. The van der Waals surface area contributed by atoms with E-state index < -0.39 is 0 Å². The monoisotopic (exact) mass is 453 g/mol. The van der Waals surface area contributed by atoms with Gasteiger partial charge in [0.2, 0.25) is 5.91 Å². The number of carbonyl (C=O) groups excluding carboxylic acids is 1. The molecule has 1 atom stereocenters. The second-order valence-corrected chi connectivity index (χ2v) is 9.55. The van der Waals surface area contributed by atoms with E-state index in [1.165, 1.54) is 21.6 Å². The smallest absolute Gasteiger partial charge is 0.227 e. The Balaban J connectivity index is 1.50. The highest BCUT2D eigenvalue weighted by Gasteiger charge is 2.27. The van der Waals surface area contributed by atoms with Crippen molar-refractivity contribution in [1.82, 2.24) is 14.8 Å². The van der Waals surface area contributed by atoms with Gasteiger partial charge in [-0.3, -0.25) is 4.79 Å². The molecule has 1 aromatic heterocycles. The average Bonchev–Trinajstić information content (AvgIpc) is 3.43. The standard InChI is InChI=1S/C22H23N5O2S2/c23-20(28)14-30-22-25-24-21(27(22)12-15-6-5-11-29-15)13-26-16-7-1-3-9-18(16)31-19-10-4-2-8-17(19)26/h1-4,7-10,15H,5-6,11-14H2,(H2,23,28)/t15-/m0/s1. The van der Waals surface area contributed by atoms with Crippen LogP contribution in [0.15, 0.2) is 63.5 Å². The van der Waals surface area contributed by atoms with Gasteiger partial charge in [-0.05, 0) is 37.1 Å². The average molecular weight is 454 g/mol. The van der Waals surface area contributed by atoms with Crippen LogP contribution < -0.4 is 10.6 Å². The Morgan fingerprint density at radius 1 is 1.13 bits per heavy atom. The summed E-state index contributed by atoms with van der Waals surface area (Å²) in [6, 6.07) is 16.8. The predicted molar refractivity (Wildman–Crippen MR) is 122 cm³/mol. The van der Waals surface area contributed by atoms with Gasteiger partial charge < -0.3 is 19.9 Å². The van der Waals surface area contributed by atoms with Crippen molar-refractivity contribution < 1.29 is 9.53 Å². The van der Waals surface area contributed by atoms with Gasteiger partial charge in [-0.15, -0.1) is 10.2 Å². The van der Waals surface area contributed by atoms with Crippen molar-refractivity contribution in [3.63, 3.8) is 0 Å². The van der Waals surface area contributed by atoms with Crippen LogP contribution in [0.1, 0.15) is 18.7 Å². The third kappa shape index (κ3) is 4.30. The molecule has 160 valence electrons. The first kappa shape index (κ1) is 20.4. The van der Waals surface area contributed by atoms with Gasteiger partial charge >= 0.3 is 0 Å². The Hall–Kier alpha value is -2.49. The molecule has 2 N–H and O–H groups in total. The summed E-state index contributed by atoms with van der Waals surface area (Å²) < 4.78 is 7.96. The number of para-hydroxylation sites is 2. The van der Waals surface area contributed by atoms with Crippen LogP contribution in [0.25, 0.3) is 0 Å². The van der Waals surface area contributed by atoms with E-state index in [9.17, 15) is 4.79 Å². The van der Waals surface area contributed by atoms with E-state index in [2.05, 4.69) is 68.2 Å². The Kier molecular flexibility index (Phi) is 5.89. The fourth-order valence-corrected chi connectivity index (χ4v) is 5.75. The van der Waals surface area contributed by atoms with Crippen LogP contribution in [-0.4, -0.2) is 39.1 Å². The minimum atomic E-state index is -0.367. The zero-order chi connectivity index (χ0) is 21.2. The van der Waals surface area contributed by atoms with Crippen LogP contribution in [-0.2, 0) is 22.6 Å². The van der Waals surface area contributed by atoms with Crippen LogP contribution in [0.2, 0.25) is 0 Å².